The summed E-state index contributed by atoms with van der Waals surface area (Å²) in [4.78, 5) is 0. The molecule has 0 bridgehead atoms. The summed E-state index contributed by atoms with van der Waals surface area (Å²) in [5.74, 6) is 0. The van der Waals surface area contributed by atoms with Gasteiger partial charge in [-0.3, -0.25) is 0 Å². The Bertz CT molecular complexity index is 431. The van der Waals surface area contributed by atoms with Crippen molar-refractivity contribution in [3.63, 3.8) is 0 Å². The highest BCUT2D eigenvalue weighted by atomic mass is 28.3. The number of rotatable bonds is 20. The monoisotopic (exact) mass is 444 g/mol. The molecule has 0 amide bonds. The Morgan fingerprint density at radius 2 is 0.690 bits per heavy atom. The van der Waals surface area contributed by atoms with Crippen LogP contribution < -0.4 is 0 Å². The van der Waals surface area contributed by atoms with E-state index in [-0.39, 0.29) is 0 Å². The lowest BCUT2D eigenvalue weighted by atomic mass is 10.5. The summed E-state index contributed by atoms with van der Waals surface area (Å²) in [5.41, 5.74) is 0. The van der Waals surface area contributed by atoms with E-state index in [9.17, 15) is 0 Å². The molecule has 0 saturated carbocycles. The molecule has 0 unspecified atom stereocenters. The van der Waals surface area contributed by atoms with E-state index in [1.165, 1.54) is 73.3 Å². The van der Waals surface area contributed by atoms with Crippen LogP contribution in [0.15, 0.2) is 75.9 Å². The number of hydrogen-bond donors (Lipinski definition) is 0. The predicted molar refractivity (Wildman–Crippen MR) is 147 cm³/mol. The molecule has 29 heavy (non-hydrogen) atoms. The van der Waals surface area contributed by atoms with E-state index >= 15 is 0 Å². The van der Waals surface area contributed by atoms with Crippen molar-refractivity contribution in [2.45, 2.75) is 86.4 Å². The second-order valence-electron chi connectivity index (χ2n) is 9.83. The van der Waals surface area contributed by atoms with Gasteiger partial charge in [0.2, 0.25) is 0 Å². The molecular weight excluding hydrogens is 397 g/mol. The molecule has 0 aliphatic rings. The fourth-order valence-corrected chi connectivity index (χ4v) is 15.9. The maximum atomic E-state index is 4.03. The second kappa shape index (κ2) is 15.0. The molecule has 0 aromatic heterocycles. The van der Waals surface area contributed by atoms with Crippen LogP contribution in [0.5, 0.6) is 0 Å². The molecule has 0 aromatic rings. The van der Waals surface area contributed by atoms with Crippen molar-refractivity contribution in [2.75, 3.05) is 0 Å². The number of hydrogen-bond acceptors (Lipinski definition) is 0. The van der Waals surface area contributed by atoms with Crippen molar-refractivity contribution >= 4 is 24.2 Å². The van der Waals surface area contributed by atoms with Gasteiger partial charge in [0.05, 0.1) is 16.1 Å². The average molecular weight is 445 g/mol. The third-order valence-electron chi connectivity index (χ3n) is 6.59. The molecule has 0 spiro atoms. The minimum absolute atomic E-state index is 1.15. The lowest BCUT2D eigenvalue weighted by molar-refractivity contribution is 0.942. The predicted octanol–water partition coefficient (Wildman–Crippen LogP) is 9.49. The Hall–Kier alpha value is -0.909. The van der Waals surface area contributed by atoms with Gasteiger partial charge in [-0.2, -0.15) is 0 Å². The SMILES string of the molecule is C=CC[Si](CC=C)(CC=C)CCC[Si](C)(C)CCC[Si](CC=C)(CC=C)CC=C. The zero-order valence-electron chi connectivity index (χ0n) is 19.7. The highest BCUT2D eigenvalue weighted by Crippen LogP contribution is 2.34. The van der Waals surface area contributed by atoms with Gasteiger partial charge in [-0.05, 0) is 36.3 Å². The van der Waals surface area contributed by atoms with Gasteiger partial charge in [-0.25, -0.2) is 0 Å². The van der Waals surface area contributed by atoms with E-state index in [1.807, 2.05) is 0 Å². The maximum Gasteiger partial charge on any atom is 0.0647 e. The molecule has 0 heterocycles. The van der Waals surface area contributed by atoms with Crippen LogP contribution >= 0.6 is 0 Å². The van der Waals surface area contributed by atoms with Gasteiger partial charge >= 0.3 is 0 Å². The van der Waals surface area contributed by atoms with Crippen molar-refractivity contribution in [3.05, 3.63) is 75.9 Å². The third-order valence-corrected chi connectivity index (χ3v) is 19.8. The molecule has 0 atom stereocenters. The molecule has 0 aromatic carbocycles. The smallest absolute Gasteiger partial charge is 0.0647 e. The normalized spacial score (nSPS) is 12.2. The summed E-state index contributed by atoms with van der Waals surface area (Å²) >= 11 is 0. The van der Waals surface area contributed by atoms with Crippen LogP contribution in [0.25, 0.3) is 0 Å². The van der Waals surface area contributed by atoms with Gasteiger partial charge in [0.25, 0.3) is 0 Å². The first-order chi connectivity index (χ1) is 13.8. The van der Waals surface area contributed by atoms with Gasteiger partial charge in [0, 0.05) is 8.07 Å². The minimum atomic E-state index is -1.35. The van der Waals surface area contributed by atoms with Crippen molar-refractivity contribution in [2.24, 2.45) is 0 Å². The van der Waals surface area contributed by atoms with E-state index in [0.717, 1.165) is 0 Å². The van der Waals surface area contributed by atoms with Crippen LogP contribution in [0.2, 0.25) is 73.5 Å². The first-order valence-electron chi connectivity index (χ1n) is 11.4. The Balaban J connectivity index is 4.80. The highest BCUT2D eigenvalue weighted by Gasteiger charge is 2.31. The van der Waals surface area contributed by atoms with Gasteiger partial charge in [-0.1, -0.05) is 86.6 Å². The average Bonchev–Trinajstić information content (AvgIpc) is 2.63. The Labute approximate surface area is 186 Å². The van der Waals surface area contributed by atoms with Crippen LogP contribution in [0.4, 0.5) is 0 Å². The van der Waals surface area contributed by atoms with Crippen molar-refractivity contribution < 1.29 is 0 Å². The second-order valence-corrected chi connectivity index (χ2v) is 24.6. The van der Waals surface area contributed by atoms with E-state index in [4.69, 9.17) is 0 Å². The first kappa shape index (κ1) is 28.1. The van der Waals surface area contributed by atoms with Gasteiger partial charge in [0.15, 0.2) is 0 Å². The van der Waals surface area contributed by atoms with Crippen molar-refractivity contribution in [3.8, 4) is 0 Å². The lowest BCUT2D eigenvalue weighted by Crippen LogP contribution is -2.34. The summed E-state index contributed by atoms with van der Waals surface area (Å²) in [6.07, 6.45) is 15.6. The summed E-state index contributed by atoms with van der Waals surface area (Å²) < 4.78 is 0. The molecule has 3 heteroatoms. The molecule has 0 rings (SSSR count). The first-order valence-corrected chi connectivity index (χ1v) is 20.5. The minimum Gasteiger partial charge on any atom is -0.103 e. The topological polar surface area (TPSA) is 0 Å². The van der Waals surface area contributed by atoms with Gasteiger partial charge in [0.1, 0.15) is 0 Å². The van der Waals surface area contributed by atoms with E-state index in [0.29, 0.717) is 0 Å². The van der Waals surface area contributed by atoms with Crippen LogP contribution in [-0.4, -0.2) is 24.2 Å². The Morgan fingerprint density at radius 3 is 0.897 bits per heavy atom. The van der Waals surface area contributed by atoms with Crippen LogP contribution in [0.1, 0.15) is 12.8 Å². The molecule has 0 radical (unpaired) electrons. The van der Waals surface area contributed by atoms with Crippen LogP contribution in [-0.2, 0) is 0 Å². The fourth-order valence-electron chi connectivity index (χ4n) is 4.96. The molecule has 0 aliphatic carbocycles. The maximum absolute atomic E-state index is 4.03. The summed E-state index contributed by atoms with van der Waals surface area (Å²) in [5, 5.41) is 0. The molecular formula is C26H48Si3. The summed E-state index contributed by atoms with van der Waals surface area (Å²) in [6, 6.07) is 12.9. The third kappa shape index (κ3) is 11.2. The summed E-state index contributed by atoms with van der Waals surface area (Å²) in [7, 11) is -3.84. The molecule has 0 nitrogen and oxygen atoms in total. The van der Waals surface area contributed by atoms with Gasteiger partial charge in [-0.15, -0.1) is 39.5 Å². The molecule has 0 saturated heterocycles. The summed E-state index contributed by atoms with van der Waals surface area (Å²) in [6.45, 7) is 29.4. The van der Waals surface area contributed by atoms with Crippen LogP contribution in [0.3, 0.4) is 0 Å². The zero-order valence-corrected chi connectivity index (χ0v) is 22.7. The fraction of sp³-hybridized carbons (Fsp3) is 0.538. The molecule has 0 fully saturated rings. The van der Waals surface area contributed by atoms with Crippen LogP contribution in [0, 0.1) is 0 Å². The standard InChI is InChI=1S/C26H48Si3/c1-9-17-28(18-10-2,19-11-3)25-15-23-27(7,8)24-16-26-29(20-12-4,21-13-5)22-14-6/h9-14H,1-6,15-26H2,7-8H3. The van der Waals surface area contributed by atoms with Crippen molar-refractivity contribution in [1.82, 2.24) is 0 Å². The molecule has 164 valence electrons. The molecule has 0 aliphatic heterocycles. The van der Waals surface area contributed by atoms with Gasteiger partial charge < -0.3 is 0 Å². The lowest BCUT2D eigenvalue weighted by Gasteiger charge is -2.32. The molecule has 0 N–H and O–H groups in total. The highest BCUT2D eigenvalue weighted by molar-refractivity contribution is 6.82. The Morgan fingerprint density at radius 1 is 0.448 bits per heavy atom. The van der Waals surface area contributed by atoms with E-state index in [1.54, 1.807) is 0 Å². The van der Waals surface area contributed by atoms with E-state index in [2.05, 4.69) is 89.0 Å². The Kier molecular flexibility index (Phi) is 14.5. The quantitative estimate of drug-likeness (QED) is 0.129. The number of allylic oxidation sites excluding steroid dienone is 6. The zero-order chi connectivity index (χ0) is 22.2. The van der Waals surface area contributed by atoms with Crippen molar-refractivity contribution in [1.29, 1.82) is 0 Å². The largest absolute Gasteiger partial charge is 0.103 e. The van der Waals surface area contributed by atoms with E-state index < -0.39 is 24.2 Å².